The molecule has 1 aliphatic rings. The summed E-state index contributed by atoms with van der Waals surface area (Å²) in [4.78, 5) is 0. The van der Waals surface area contributed by atoms with E-state index in [2.05, 4.69) is 20.8 Å². The van der Waals surface area contributed by atoms with Crippen molar-refractivity contribution >= 4 is 0 Å². The summed E-state index contributed by atoms with van der Waals surface area (Å²) in [5, 5.41) is 0. The topological polar surface area (TPSA) is 0 Å². The van der Waals surface area contributed by atoms with Crippen molar-refractivity contribution in [2.24, 2.45) is 5.92 Å². The Morgan fingerprint density at radius 3 is 1.45 bits per heavy atom. The van der Waals surface area contributed by atoms with Crippen molar-refractivity contribution in [2.45, 2.75) is 59.0 Å². The molecule has 0 aromatic heterocycles. The van der Waals surface area contributed by atoms with E-state index in [1.54, 1.807) is 6.92 Å². The first-order chi connectivity index (χ1) is 4.94. The van der Waals surface area contributed by atoms with E-state index in [1.165, 1.54) is 0 Å². The van der Waals surface area contributed by atoms with Gasteiger partial charge in [0.15, 0.2) is 0 Å². The molecular formula is C10H21F. The largest absolute Gasteiger partial charge is 0.244 e. The van der Waals surface area contributed by atoms with Gasteiger partial charge < -0.3 is 0 Å². The van der Waals surface area contributed by atoms with Gasteiger partial charge >= 0.3 is 0 Å². The van der Waals surface area contributed by atoms with Gasteiger partial charge in [0.2, 0.25) is 0 Å². The lowest BCUT2D eigenvalue weighted by Gasteiger charge is -2.08. The summed E-state index contributed by atoms with van der Waals surface area (Å²) in [6.45, 7) is 8.19. The van der Waals surface area contributed by atoms with Crippen molar-refractivity contribution < 1.29 is 4.39 Å². The Balaban J connectivity index is 0.000000218. The highest BCUT2D eigenvalue weighted by atomic mass is 19.1. The number of hydrogen-bond acceptors (Lipinski definition) is 0. The second-order valence-electron chi connectivity index (χ2n) is 4.35. The monoisotopic (exact) mass is 160 g/mol. The predicted octanol–water partition coefficient (Wildman–Crippen LogP) is 3.95. The molecule has 0 atom stereocenters. The molecule has 0 aliphatic heterocycles. The molecule has 0 radical (unpaired) electrons. The zero-order chi connectivity index (χ0) is 8.91. The van der Waals surface area contributed by atoms with Crippen LogP contribution in [0.2, 0.25) is 0 Å². The van der Waals surface area contributed by atoms with Crippen LogP contribution < -0.4 is 0 Å². The number of rotatable bonds is 0. The van der Waals surface area contributed by atoms with Crippen molar-refractivity contribution in [3.05, 3.63) is 0 Å². The molecule has 0 unspecified atom stereocenters. The molecule has 0 N–H and O–H groups in total. The van der Waals surface area contributed by atoms with Gasteiger partial charge in [0.05, 0.1) is 0 Å². The molecule has 1 saturated carbocycles. The first kappa shape index (κ1) is 10.9. The first-order valence-electron chi connectivity index (χ1n) is 4.63. The zero-order valence-corrected chi connectivity index (χ0v) is 8.28. The maximum absolute atomic E-state index is 12.6. The first-order valence-corrected chi connectivity index (χ1v) is 4.63. The molecule has 0 heterocycles. The molecule has 0 amide bonds. The molecule has 0 nitrogen and oxygen atoms in total. The molecule has 1 rings (SSSR count). The maximum atomic E-state index is 12.6. The maximum Gasteiger partial charge on any atom is 0.108 e. The second-order valence-corrected chi connectivity index (χ2v) is 4.35. The minimum absolute atomic E-state index is 0.785. The normalized spacial score (nSPS) is 21.3. The average molecular weight is 160 g/mol. The van der Waals surface area contributed by atoms with E-state index >= 15 is 0 Å². The minimum atomic E-state index is -0.806. The Bertz CT molecular complexity index is 84.3. The Hall–Kier alpha value is -0.0700. The lowest BCUT2D eigenvalue weighted by atomic mass is 10.1. The van der Waals surface area contributed by atoms with Gasteiger partial charge in [-0.05, 0) is 25.7 Å². The van der Waals surface area contributed by atoms with Gasteiger partial charge in [-0.1, -0.05) is 33.6 Å². The zero-order valence-electron chi connectivity index (χ0n) is 8.28. The van der Waals surface area contributed by atoms with Crippen molar-refractivity contribution in [1.82, 2.24) is 0 Å². The minimum Gasteiger partial charge on any atom is -0.244 e. The summed E-state index contributed by atoms with van der Waals surface area (Å²) in [5.41, 5.74) is -0.806. The van der Waals surface area contributed by atoms with Gasteiger partial charge in [0, 0.05) is 0 Å². The van der Waals surface area contributed by atoms with E-state index in [-0.39, 0.29) is 0 Å². The Labute approximate surface area is 70.2 Å². The predicted molar refractivity (Wildman–Crippen MR) is 48.5 cm³/mol. The summed E-state index contributed by atoms with van der Waals surface area (Å²) in [6.07, 6.45) is 3.75. The highest BCUT2D eigenvalue weighted by molar-refractivity contribution is 4.78. The van der Waals surface area contributed by atoms with E-state index in [0.717, 1.165) is 31.6 Å². The summed E-state index contributed by atoms with van der Waals surface area (Å²) >= 11 is 0. The fourth-order valence-electron chi connectivity index (χ4n) is 1.11. The molecule has 1 fully saturated rings. The highest BCUT2D eigenvalue weighted by Crippen LogP contribution is 2.31. The quantitative estimate of drug-likeness (QED) is 0.503. The molecule has 68 valence electrons. The van der Waals surface area contributed by atoms with Crippen LogP contribution in [0.25, 0.3) is 0 Å². The van der Waals surface area contributed by atoms with Crippen LogP contribution in [0.3, 0.4) is 0 Å². The summed E-state index contributed by atoms with van der Waals surface area (Å²) in [7, 11) is 0. The SMILES string of the molecule is CC(C)C.CC1(F)CCCC1. The molecule has 1 aliphatic carbocycles. The van der Waals surface area contributed by atoms with Gasteiger partial charge in [-0.3, -0.25) is 0 Å². The van der Waals surface area contributed by atoms with Crippen LogP contribution >= 0.6 is 0 Å². The van der Waals surface area contributed by atoms with Gasteiger partial charge in [0.1, 0.15) is 5.67 Å². The van der Waals surface area contributed by atoms with Crippen LogP contribution in [0.15, 0.2) is 0 Å². The number of alkyl halides is 1. The third-order valence-corrected chi connectivity index (χ3v) is 1.65. The molecular weight excluding hydrogens is 139 g/mol. The lowest BCUT2D eigenvalue weighted by molar-refractivity contribution is 0.200. The van der Waals surface area contributed by atoms with E-state index in [4.69, 9.17) is 0 Å². The van der Waals surface area contributed by atoms with Crippen LogP contribution in [0, 0.1) is 5.92 Å². The van der Waals surface area contributed by atoms with Gasteiger partial charge in [0.25, 0.3) is 0 Å². The molecule has 0 aromatic rings. The van der Waals surface area contributed by atoms with E-state index < -0.39 is 5.67 Å². The van der Waals surface area contributed by atoms with Crippen LogP contribution in [0.5, 0.6) is 0 Å². The Morgan fingerprint density at radius 2 is 1.36 bits per heavy atom. The Kier molecular flexibility index (Phi) is 4.71. The van der Waals surface area contributed by atoms with Gasteiger partial charge in [-0.2, -0.15) is 0 Å². The van der Waals surface area contributed by atoms with E-state index in [1.807, 2.05) is 0 Å². The molecule has 0 aromatic carbocycles. The van der Waals surface area contributed by atoms with Gasteiger partial charge in [-0.15, -0.1) is 0 Å². The second kappa shape index (κ2) is 4.74. The molecule has 0 saturated heterocycles. The van der Waals surface area contributed by atoms with Gasteiger partial charge in [-0.25, -0.2) is 4.39 Å². The lowest BCUT2D eigenvalue weighted by Crippen LogP contribution is -2.09. The van der Waals surface area contributed by atoms with Crippen molar-refractivity contribution in [3.63, 3.8) is 0 Å². The summed E-state index contributed by atoms with van der Waals surface area (Å²) in [5.74, 6) is 0.833. The smallest absolute Gasteiger partial charge is 0.108 e. The summed E-state index contributed by atoms with van der Waals surface area (Å²) < 4.78 is 12.6. The Morgan fingerprint density at radius 1 is 1.09 bits per heavy atom. The molecule has 1 heteroatoms. The van der Waals surface area contributed by atoms with E-state index in [0.29, 0.717) is 0 Å². The third kappa shape index (κ3) is 7.83. The highest BCUT2D eigenvalue weighted by Gasteiger charge is 2.26. The van der Waals surface area contributed by atoms with Crippen molar-refractivity contribution in [1.29, 1.82) is 0 Å². The van der Waals surface area contributed by atoms with Crippen LogP contribution in [-0.2, 0) is 0 Å². The fraction of sp³-hybridized carbons (Fsp3) is 1.00. The molecule has 0 bridgehead atoms. The number of hydrogen-bond donors (Lipinski definition) is 0. The van der Waals surface area contributed by atoms with Crippen LogP contribution in [0.1, 0.15) is 53.4 Å². The van der Waals surface area contributed by atoms with E-state index in [9.17, 15) is 4.39 Å². The molecule has 0 spiro atoms. The summed E-state index contributed by atoms with van der Waals surface area (Å²) in [6, 6.07) is 0. The fourth-order valence-corrected chi connectivity index (χ4v) is 1.11. The average Bonchev–Trinajstić information content (AvgIpc) is 2.11. The van der Waals surface area contributed by atoms with Crippen molar-refractivity contribution in [3.8, 4) is 0 Å². The third-order valence-electron chi connectivity index (χ3n) is 1.65. The standard InChI is InChI=1S/C6H11F.C4H10/c1-6(7)4-2-3-5-6;1-4(2)3/h2-5H2,1H3;4H,1-3H3. The number of halogens is 1. The van der Waals surface area contributed by atoms with Crippen molar-refractivity contribution in [2.75, 3.05) is 0 Å². The van der Waals surface area contributed by atoms with Crippen LogP contribution in [0.4, 0.5) is 4.39 Å². The van der Waals surface area contributed by atoms with Crippen LogP contribution in [-0.4, -0.2) is 5.67 Å². The molecule has 11 heavy (non-hydrogen) atoms.